The molecule has 5 unspecified atom stereocenters. The largest absolute Gasteiger partial charge is 0.480 e. The molecule has 0 aliphatic carbocycles. The molecular formula is C22H43N5O5. The van der Waals surface area contributed by atoms with E-state index >= 15 is 0 Å². The highest BCUT2D eigenvalue weighted by atomic mass is 16.4. The third-order valence-electron chi connectivity index (χ3n) is 5.58. The quantitative estimate of drug-likeness (QED) is 0.192. The maximum atomic E-state index is 13.1. The molecule has 0 saturated heterocycles. The molecule has 0 aromatic carbocycles. The Morgan fingerprint density at radius 2 is 1.25 bits per heavy atom. The van der Waals surface area contributed by atoms with E-state index in [0.29, 0.717) is 25.8 Å². The summed E-state index contributed by atoms with van der Waals surface area (Å²) in [6.45, 7) is 11.1. The van der Waals surface area contributed by atoms with E-state index in [-0.39, 0.29) is 17.8 Å². The molecule has 10 nitrogen and oxygen atoms in total. The first kappa shape index (κ1) is 29.8. The first-order valence-electron chi connectivity index (χ1n) is 11.5. The van der Waals surface area contributed by atoms with Crippen LogP contribution in [0.3, 0.4) is 0 Å². The molecule has 32 heavy (non-hydrogen) atoms. The number of carboxylic acid groups (broad SMARTS) is 1. The second kappa shape index (κ2) is 14.8. The van der Waals surface area contributed by atoms with Crippen LogP contribution in [0.1, 0.15) is 67.2 Å². The van der Waals surface area contributed by atoms with Crippen molar-refractivity contribution in [2.75, 3.05) is 6.54 Å². The Morgan fingerprint density at radius 3 is 1.69 bits per heavy atom. The van der Waals surface area contributed by atoms with Gasteiger partial charge in [-0.15, -0.1) is 0 Å². The van der Waals surface area contributed by atoms with Crippen molar-refractivity contribution in [1.82, 2.24) is 16.0 Å². The van der Waals surface area contributed by atoms with Crippen LogP contribution < -0.4 is 27.4 Å². The van der Waals surface area contributed by atoms with Crippen LogP contribution in [0.2, 0.25) is 0 Å². The fraction of sp³-hybridized carbons (Fsp3) is 0.818. The standard InChI is InChI=1S/C22H43N5O5/c1-7-14(6)18(27-19(28)15(24)10-8-9-11-23)21(30)25-16(12(2)3)20(29)26-17(13(4)5)22(31)32/h12-18H,7-11,23-24H2,1-6H3,(H,25,30)(H,26,29)(H,27,28)(H,31,32). The van der Waals surface area contributed by atoms with Crippen molar-refractivity contribution in [3.8, 4) is 0 Å². The van der Waals surface area contributed by atoms with Crippen LogP contribution in [-0.4, -0.2) is 59.5 Å². The molecule has 0 radical (unpaired) electrons. The van der Waals surface area contributed by atoms with Crippen LogP contribution in [0.15, 0.2) is 0 Å². The lowest BCUT2D eigenvalue weighted by atomic mass is 9.95. The molecular weight excluding hydrogens is 414 g/mol. The van der Waals surface area contributed by atoms with E-state index in [2.05, 4.69) is 16.0 Å². The zero-order valence-corrected chi connectivity index (χ0v) is 20.3. The molecule has 0 spiro atoms. The predicted molar refractivity (Wildman–Crippen MR) is 123 cm³/mol. The third kappa shape index (κ3) is 9.95. The lowest BCUT2D eigenvalue weighted by Gasteiger charge is -2.29. The SMILES string of the molecule is CCC(C)C(NC(=O)C(N)CCCCN)C(=O)NC(C(=O)NC(C(=O)O)C(C)C)C(C)C. The molecule has 0 saturated carbocycles. The second-order valence-electron chi connectivity index (χ2n) is 9.06. The lowest BCUT2D eigenvalue weighted by molar-refractivity contribution is -0.144. The molecule has 0 bridgehead atoms. The number of rotatable bonds is 15. The number of aliphatic carboxylic acids is 1. The van der Waals surface area contributed by atoms with E-state index in [1.807, 2.05) is 13.8 Å². The van der Waals surface area contributed by atoms with Gasteiger partial charge in [0, 0.05) is 0 Å². The van der Waals surface area contributed by atoms with E-state index in [4.69, 9.17) is 11.5 Å². The Balaban J connectivity index is 5.38. The summed E-state index contributed by atoms with van der Waals surface area (Å²) in [7, 11) is 0. The minimum Gasteiger partial charge on any atom is -0.480 e. The first-order chi connectivity index (χ1) is 14.9. The monoisotopic (exact) mass is 457 g/mol. The highest BCUT2D eigenvalue weighted by molar-refractivity contribution is 5.94. The van der Waals surface area contributed by atoms with Crippen molar-refractivity contribution in [1.29, 1.82) is 0 Å². The van der Waals surface area contributed by atoms with Gasteiger partial charge in [0.25, 0.3) is 0 Å². The summed E-state index contributed by atoms with van der Waals surface area (Å²) in [5, 5.41) is 17.3. The predicted octanol–water partition coefficient (Wildman–Crippen LogP) is 0.340. The highest BCUT2D eigenvalue weighted by Gasteiger charge is 2.34. The summed E-state index contributed by atoms with van der Waals surface area (Å²) in [6, 6.07) is -3.66. The molecule has 8 N–H and O–H groups in total. The summed E-state index contributed by atoms with van der Waals surface area (Å²) >= 11 is 0. The van der Waals surface area contributed by atoms with Gasteiger partial charge in [-0.05, 0) is 37.1 Å². The summed E-state index contributed by atoms with van der Waals surface area (Å²) in [5.74, 6) is -3.49. The smallest absolute Gasteiger partial charge is 0.326 e. The zero-order valence-electron chi connectivity index (χ0n) is 20.3. The number of nitrogens with one attached hydrogen (secondary N) is 3. The third-order valence-corrected chi connectivity index (χ3v) is 5.58. The van der Waals surface area contributed by atoms with Gasteiger partial charge in [-0.2, -0.15) is 0 Å². The Morgan fingerprint density at radius 1 is 0.781 bits per heavy atom. The van der Waals surface area contributed by atoms with E-state index < -0.39 is 47.9 Å². The summed E-state index contributed by atoms with van der Waals surface area (Å²) in [4.78, 5) is 49.8. The molecule has 0 aliphatic heterocycles. The Bertz CT molecular complexity index is 626. The van der Waals surface area contributed by atoms with Gasteiger partial charge in [-0.3, -0.25) is 14.4 Å². The van der Waals surface area contributed by atoms with E-state index in [1.54, 1.807) is 27.7 Å². The number of amides is 3. The molecule has 3 amide bonds. The Kier molecular flexibility index (Phi) is 13.8. The van der Waals surface area contributed by atoms with Gasteiger partial charge in [-0.25, -0.2) is 4.79 Å². The van der Waals surface area contributed by atoms with Crippen molar-refractivity contribution >= 4 is 23.7 Å². The van der Waals surface area contributed by atoms with E-state index in [9.17, 15) is 24.3 Å². The maximum Gasteiger partial charge on any atom is 0.326 e. The van der Waals surface area contributed by atoms with Gasteiger partial charge in [0.2, 0.25) is 17.7 Å². The first-order valence-corrected chi connectivity index (χ1v) is 11.5. The number of hydrogen-bond acceptors (Lipinski definition) is 6. The van der Waals surface area contributed by atoms with Gasteiger partial charge in [0.1, 0.15) is 18.1 Å². The van der Waals surface area contributed by atoms with Crippen LogP contribution in [0.5, 0.6) is 0 Å². The van der Waals surface area contributed by atoms with Crippen LogP contribution in [0, 0.1) is 17.8 Å². The number of nitrogens with two attached hydrogens (primary N) is 2. The minimum absolute atomic E-state index is 0.200. The summed E-state index contributed by atoms with van der Waals surface area (Å²) < 4.78 is 0. The molecule has 5 atom stereocenters. The molecule has 0 fully saturated rings. The van der Waals surface area contributed by atoms with Crippen LogP contribution >= 0.6 is 0 Å². The maximum absolute atomic E-state index is 13.1. The summed E-state index contributed by atoms with van der Waals surface area (Å²) in [5.41, 5.74) is 11.4. The van der Waals surface area contributed by atoms with Crippen LogP contribution in [0.25, 0.3) is 0 Å². The fourth-order valence-corrected chi connectivity index (χ4v) is 3.14. The molecule has 186 valence electrons. The Labute approximate surface area is 191 Å². The minimum atomic E-state index is -1.14. The van der Waals surface area contributed by atoms with E-state index in [1.165, 1.54) is 0 Å². The lowest BCUT2D eigenvalue weighted by Crippen LogP contribution is -2.60. The van der Waals surface area contributed by atoms with Crippen molar-refractivity contribution < 1.29 is 24.3 Å². The second-order valence-corrected chi connectivity index (χ2v) is 9.06. The summed E-state index contributed by atoms with van der Waals surface area (Å²) in [6.07, 6.45) is 2.55. The molecule has 0 rings (SSSR count). The molecule has 0 heterocycles. The molecule has 10 heteroatoms. The number of carbonyl (C=O) groups excluding carboxylic acids is 3. The normalized spacial score (nSPS) is 16.1. The fourth-order valence-electron chi connectivity index (χ4n) is 3.14. The number of unbranched alkanes of at least 4 members (excludes halogenated alkanes) is 1. The number of carbonyl (C=O) groups is 4. The average Bonchev–Trinajstić information content (AvgIpc) is 2.72. The van der Waals surface area contributed by atoms with Gasteiger partial charge in [0.15, 0.2) is 0 Å². The molecule has 0 aromatic rings. The van der Waals surface area contributed by atoms with E-state index in [0.717, 1.165) is 6.42 Å². The van der Waals surface area contributed by atoms with Gasteiger partial charge < -0.3 is 32.5 Å². The number of hydrogen-bond donors (Lipinski definition) is 6. The average molecular weight is 458 g/mol. The zero-order chi connectivity index (χ0) is 25.0. The molecule has 0 aromatic heterocycles. The van der Waals surface area contributed by atoms with Crippen molar-refractivity contribution in [3.63, 3.8) is 0 Å². The molecule has 0 aliphatic rings. The van der Waals surface area contributed by atoms with Gasteiger partial charge in [0.05, 0.1) is 6.04 Å². The van der Waals surface area contributed by atoms with Gasteiger partial charge in [-0.1, -0.05) is 54.4 Å². The Hall–Kier alpha value is -2.20. The van der Waals surface area contributed by atoms with Crippen LogP contribution in [-0.2, 0) is 19.2 Å². The van der Waals surface area contributed by atoms with Crippen molar-refractivity contribution in [2.24, 2.45) is 29.2 Å². The topological polar surface area (TPSA) is 177 Å². The van der Waals surface area contributed by atoms with Crippen molar-refractivity contribution in [3.05, 3.63) is 0 Å². The van der Waals surface area contributed by atoms with Crippen molar-refractivity contribution in [2.45, 2.75) is 91.4 Å². The van der Waals surface area contributed by atoms with Crippen LogP contribution in [0.4, 0.5) is 0 Å². The number of carboxylic acids is 1. The highest BCUT2D eigenvalue weighted by Crippen LogP contribution is 2.12. The van der Waals surface area contributed by atoms with Gasteiger partial charge >= 0.3 is 5.97 Å².